The van der Waals surface area contributed by atoms with E-state index in [1.54, 1.807) is 7.11 Å². The number of benzene rings is 2. The van der Waals surface area contributed by atoms with Gasteiger partial charge in [0.25, 0.3) is 0 Å². The molecule has 3 aromatic rings. The van der Waals surface area contributed by atoms with Gasteiger partial charge >= 0.3 is 0 Å². The molecule has 1 amide bonds. The average Bonchev–Trinajstić information content (AvgIpc) is 2.93. The molecule has 1 aliphatic heterocycles. The second kappa shape index (κ2) is 6.71. The van der Waals surface area contributed by atoms with Gasteiger partial charge in [0.05, 0.1) is 31.2 Å². The van der Waals surface area contributed by atoms with Crippen molar-refractivity contribution in [1.82, 2.24) is 14.5 Å². The largest absolute Gasteiger partial charge is 0.493 e. The SMILES string of the molecule is COc1ccccc1OC1CN(C(=O)Cn2c(C)nc3ccccc32)C1. The molecule has 0 spiro atoms. The average molecular weight is 351 g/mol. The van der Waals surface area contributed by atoms with Gasteiger partial charge in [-0.05, 0) is 31.2 Å². The second-order valence-electron chi connectivity index (χ2n) is 6.42. The number of fused-ring (bicyclic) bond motifs is 1. The molecule has 0 bridgehead atoms. The molecular formula is C20H21N3O3. The van der Waals surface area contributed by atoms with Gasteiger partial charge < -0.3 is 18.9 Å². The molecule has 0 atom stereocenters. The number of hydrogen-bond acceptors (Lipinski definition) is 4. The number of hydrogen-bond donors (Lipinski definition) is 0. The quantitative estimate of drug-likeness (QED) is 0.709. The van der Waals surface area contributed by atoms with Crippen molar-refractivity contribution < 1.29 is 14.3 Å². The van der Waals surface area contributed by atoms with Gasteiger partial charge in [-0.1, -0.05) is 24.3 Å². The van der Waals surface area contributed by atoms with E-state index >= 15 is 0 Å². The van der Waals surface area contributed by atoms with Crippen LogP contribution < -0.4 is 9.47 Å². The van der Waals surface area contributed by atoms with E-state index in [2.05, 4.69) is 4.98 Å². The zero-order valence-electron chi connectivity index (χ0n) is 14.9. The summed E-state index contributed by atoms with van der Waals surface area (Å²) in [7, 11) is 1.62. The third-order valence-corrected chi connectivity index (χ3v) is 4.70. The number of ether oxygens (including phenoxy) is 2. The Labute approximate surface area is 152 Å². The van der Waals surface area contributed by atoms with E-state index < -0.39 is 0 Å². The number of aromatic nitrogens is 2. The van der Waals surface area contributed by atoms with Gasteiger partial charge in [-0.3, -0.25) is 4.79 Å². The first-order valence-corrected chi connectivity index (χ1v) is 8.65. The molecule has 134 valence electrons. The van der Waals surface area contributed by atoms with E-state index in [1.807, 2.05) is 64.9 Å². The van der Waals surface area contributed by atoms with Gasteiger partial charge in [-0.2, -0.15) is 0 Å². The van der Waals surface area contributed by atoms with Crippen LogP contribution in [0.2, 0.25) is 0 Å². The number of carbonyl (C=O) groups is 1. The highest BCUT2D eigenvalue weighted by atomic mass is 16.5. The minimum atomic E-state index is -0.00382. The summed E-state index contributed by atoms with van der Waals surface area (Å²) >= 11 is 0. The number of likely N-dealkylation sites (tertiary alicyclic amines) is 1. The van der Waals surface area contributed by atoms with Crippen molar-refractivity contribution in [2.45, 2.75) is 19.6 Å². The van der Waals surface area contributed by atoms with Crippen LogP contribution in [0.3, 0.4) is 0 Å². The summed E-state index contributed by atoms with van der Waals surface area (Å²) < 4.78 is 13.2. The molecule has 6 heteroatoms. The Balaban J connectivity index is 1.38. The van der Waals surface area contributed by atoms with Crippen molar-refractivity contribution in [3.05, 3.63) is 54.4 Å². The summed E-state index contributed by atoms with van der Waals surface area (Å²) in [5.74, 6) is 2.35. The Bertz CT molecular complexity index is 944. The second-order valence-corrected chi connectivity index (χ2v) is 6.42. The molecule has 26 heavy (non-hydrogen) atoms. The summed E-state index contributed by atoms with van der Waals surface area (Å²) in [6.07, 6.45) is -0.00382. The van der Waals surface area contributed by atoms with Crippen molar-refractivity contribution >= 4 is 16.9 Å². The highest BCUT2D eigenvalue weighted by molar-refractivity contribution is 5.81. The third kappa shape index (κ3) is 2.98. The summed E-state index contributed by atoms with van der Waals surface area (Å²) in [6, 6.07) is 15.4. The topological polar surface area (TPSA) is 56.6 Å². The van der Waals surface area contributed by atoms with Crippen LogP contribution in [-0.2, 0) is 11.3 Å². The molecule has 2 heterocycles. The first-order valence-electron chi connectivity index (χ1n) is 8.65. The number of rotatable bonds is 5. The van der Waals surface area contributed by atoms with E-state index in [0.29, 0.717) is 31.1 Å². The summed E-state index contributed by atoms with van der Waals surface area (Å²) in [5.41, 5.74) is 1.90. The molecule has 0 radical (unpaired) electrons. The van der Waals surface area contributed by atoms with Gasteiger partial charge in [0.15, 0.2) is 11.5 Å². The number of carbonyl (C=O) groups excluding carboxylic acids is 1. The minimum absolute atomic E-state index is 0.00382. The van der Waals surface area contributed by atoms with E-state index in [0.717, 1.165) is 16.9 Å². The Morgan fingerprint density at radius 2 is 1.81 bits per heavy atom. The van der Waals surface area contributed by atoms with Crippen molar-refractivity contribution in [3.63, 3.8) is 0 Å². The molecule has 1 fully saturated rings. The molecule has 1 aliphatic rings. The molecule has 1 saturated heterocycles. The summed E-state index contributed by atoms with van der Waals surface area (Å²) in [6.45, 7) is 3.40. The molecule has 0 unspecified atom stereocenters. The maximum atomic E-state index is 12.6. The monoisotopic (exact) mass is 351 g/mol. The minimum Gasteiger partial charge on any atom is -0.493 e. The van der Waals surface area contributed by atoms with E-state index in [9.17, 15) is 4.79 Å². The molecule has 0 saturated carbocycles. The van der Waals surface area contributed by atoms with Crippen molar-refractivity contribution in [1.29, 1.82) is 0 Å². The van der Waals surface area contributed by atoms with Crippen LogP contribution in [0.25, 0.3) is 11.0 Å². The van der Waals surface area contributed by atoms with E-state index in [1.165, 1.54) is 0 Å². The molecule has 1 aromatic heterocycles. The van der Waals surface area contributed by atoms with Crippen molar-refractivity contribution in [3.8, 4) is 11.5 Å². The fraction of sp³-hybridized carbons (Fsp3) is 0.300. The van der Waals surface area contributed by atoms with Crippen LogP contribution in [0.15, 0.2) is 48.5 Å². The number of aryl methyl sites for hydroxylation is 1. The molecule has 2 aromatic carbocycles. The van der Waals surface area contributed by atoms with Crippen LogP contribution in [0.5, 0.6) is 11.5 Å². The van der Waals surface area contributed by atoms with Crippen LogP contribution in [0.4, 0.5) is 0 Å². The van der Waals surface area contributed by atoms with Gasteiger partial charge in [0, 0.05) is 0 Å². The normalized spacial score (nSPS) is 14.3. The Hall–Kier alpha value is -3.02. The van der Waals surface area contributed by atoms with E-state index in [4.69, 9.17) is 9.47 Å². The smallest absolute Gasteiger partial charge is 0.242 e. The zero-order chi connectivity index (χ0) is 18.1. The Kier molecular flexibility index (Phi) is 4.24. The Morgan fingerprint density at radius 3 is 2.58 bits per heavy atom. The predicted molar refractivity (Wildman–Crippen MR) is 98.5 cm³/mol. The number of para-hydroxylation sites is 4. The fourth-order valence-electron chi connectivity index (χ4n) is 3.24. The van der Waals surface area contributed by atoms with Gasteiger partial charge in [-0.15, -0.1) is 0 Å². The number of amides is 1. The van der Waals surface area contributed by atoms with Gasteiger partial charge in [0.2, 0.25) is 5.91 Å². The Morgan fingerprint density at radius 1 is 1.12 bits per heavy atom. The van der Waals surface area contributed by atoms with Crippen LogP contribution in [0, 0.1) is 6.92 Å². The zero-order valence-corrected chi connectivity index (χ0v) is 14.9. The molecule has 0 aliphatic carbocycles. The maximum absolute atomic E-state index is 12.6. The fourth-order valence-corrected chi connectivity index (χ4v) is 3.24. The lowest BCUT2D eigenvalue weighted by molar-refractivity contribution is -0.140. The van der Waals surface area contributed by atoms with Crippen molar-refractivity contribution in [2.75, 3.05) is 20.2 Å². The molecule has 4 rings (SSSR count). The number of nitrogens with zero attached hydrogens (tertiary/aromatic N) is 3. The lowest BCUT2D eigenvalue weighted by atomic mass is 10.1. The number of methoxy groups -OCH3 is 1. The predicted octanol–water partition coefficient (Wildman–Crippen LogP) is 2.64. The number of imidazole rings is 1. The third-order valence-electron chi connectivity index (χ3n) is 4.70. The van der Waals surface area contributed by atoms with E-state index in [-0.39, 0.29) is 12.0 Å². The summed E-state index contributed by atoms with van der Waals surface area (Å²) in [5, 5.41) is 0. The van der Waals surface area contributed by atoms with Gasteiger partial charge in [-0.25, -0.2) is 4.98 Å². The first kappa shape index (κ1) is 16.4. The summed E-state index contributed by atoms with van der Waals surface area (Å²) in [4.78, 5) is 18.9. The van der Waals surface area contributed by atoms with Crippen LogP contribution in [-0.4, -0.2) is 46.7 Å². The lowest BCUT2D eigenvalue weighted by Crippen LogP contribution is -2.56. The molecule has 0 N–H and O–H groups in total. The highest BCUT2D eigenvalue weighted by Crippen LogP contribution is 2.28. The van der Waals surface area contributed by atoms with Gasteiger partial charge in [0.1, 0.15) is 18.5 Å². The van der Waals surface area contributed by atoms with Crippen LogP contribution in [0.1, 0.15) is 5.82 Å². The highest BCUT2D eigenvalue weighted by Gasteiger charge is 2.33. The maximum Gasteiger partial charge on any atom is 0.242 e. The molecular weight excluding hydrogens is 330 g/mol. The first-order chi connectivity index (χ1) is 12.7. The van der Waals surface area contributed by atoms with Crippen molar-refractivity contribution in [2.24, 2.45) is 0 Å². The lowest BCUT2D eigenvalue weighted by Gasteiger charge is -2.39. The standard InChI is InChI=1S/C20H21N3O3/c1-14-21-16-7-3-4-8-17(16)23(14)13-20(24)22-11-15(12-22)26-19-10-6-5-9-18(19)25-2/h3-10,15H,11-13H2,1-2H3. The molecule has 6 nitrogen and oxygen atoms in total. The van der Waals surface area contributed by atoms with Crippen LogP contribution >= 0.6 is 0 Å².